The molecule has 1 aliphatic rings. The van der Waals surface area contributed by atoms with Gasteiger partial charge in [0.25, 0.3) is 0 Å². The van der Waals surface area contributed by atoms with Gasteiger partial charge >= 0.3 is 0 Å². The van der Waals surface area contributed by atoms with Crippen LogP contribution in [0.2, 0.25) is 0 Å². The van der Waals surface area contributed by atoms with E-state index in [0.717, 1.165) is 43.1 Å². The van der Waals surface area contributed by atoms with E-state index in [-0.39, 0.29) is 5.54 Å². The van der Waals surface area contributed by atoms with Crippen LogP contribution in [-0.4, -0.2) is 52.0 Å². The van der Waals surface area contributed by atoms with Crippen LogP contribution in [0.5, 0.6) is 5.75 Å². The van der Waals surface area contributed by atoms with E-state index in [1.807, 2.05) is 32.9 Å². The van der Waals surface area contributed by atoms with Crippen molar-refractivity contribution in [2.75, 3.05) is 25.1 Å². The maximum absolute atomic E-state index is 10.5. The van der Waals surface area contributed by atoms with Crippen molar-refractivity contribution in [3.8, 4) is 17.3 Å². The molecule has 7 heteroatoms. The van der Waals surface area contributed by atoms with Crippen molar-refractivity contribution in [1.29, 1.82) is 0 Å². The van der Waals surface area contributed by atoms with E-state index >= 15 is 0 Å². The highest BCUT2D eigenvalue weighted by molar-refractivity contribution is 5.60. The summed E-state index contributed by atoms with van der Waals surface area (Å²) in [5.74, 6) is 2.23. The lowest BCUT2D eigenvalue weighted by Gasteiger charge is -2.31. The second-order valence-corrected chi connectivity index (χ2v) is 8.18. The van der Waals surface area contributed by atoms with Crippen molar-refractivity contribution in [2.24, 2.45) is 0 Å². The predicted molar refractivity (Wildman–Crippen MR) is 111 cm³/mol. The first-order valence-electron chi connectivity index (χ1n) is 9.91. The molecule has 2 aromatic heterocycles. The second-order valence-electron chi connectivity index (χ2n) is 8.18. The summed E-state index contributed by atoms with van der Waals surface area (Å²) in [6, 6.07) is 3.66. The molecule has 3 rings (SSSR count). The Hall–Kier alpha value is -2.25. The Balaban J connectivity index is 1.96. The predicted octanol–water partition coefficient (Wildman–Crippen LogP) is 2.57. The van der Waals surface area contributed by atoms with Crippen LogP contribution in [0.25, 0.3) is 11.5 Å². The van der Waals surface area contributed by atoms with E-state index in [1.165, 1.54) is 5.56 Å². The number of rotatable bonds is 7. The van der Waals surface area contributed by atoms with Gasteiger partial charge in [0.15, 0.2) is 5.82 Å². The number of aryl methyl sites for hydroxylation is 1. The molecule has 0 saturated heterocycles. The van der Waals surface area contributed by atoms with Gasteiger partial charge in [0.2, 0.25) is 0 Å². The number of hydrogen-bond donors (Lipinski definition) is 2. The van der Waals surface area contributed by atoms with Gasteiger partial charge in [-0.3, -0.25) is 10.3 Å². The zero-order chi connectivity index (χ0) is 20.3. The highest BCUT2D eigenvalue weighted by atomic mass is 16.5. The van der Waals surface area contributed by atoms with Gasteiger partial charge in [0.1, 0.15) is 23.5 Å². The van der Waals surface area contributed by atoms with Crippen molar-refractivity contribution >= 4 is 5.82 Å². The molecule has 0 amide bonds. The molecule has 1 unspecified atom stereocenters. The lowest BCUT2D eigenvalue weighted by atomic mass is 10.1. The lowest BCUT2D eigenvalue weighted by molar-refractivity contribution is 0.111. The van der Waals surface area contributed by atoms with Crippen molar-refractivity contribution < 1.29 is 9.84 Å². The molecule has 2 aromatic rings. The van der Waals surface area contributed by atoms with E-state index in [9.17, 15) is 5.11 Å². The van der Waals surface area contributed by atoms with Crippen molar-refractivity contribution in [3.05, 3.63) is 29.6 Å². The molecule has 0 radical (unpaired) electrons. The number of likely N-dealkylation sites (N-methyl/N-ethyl adjacent to an activating group) is 1. The Labute approximate surface area is 167 Å². The average Bonchev–Trinajstić information content (AvgIpc) is 3.12. The van der Waals surface area contributed by atoms with Crippen molar-refractivity contribution in [3.63, 3.8) is 0 Å². The summed E-state index contributed by atoms with van der Waals surface area (Å²) >= 11 is 0. The minimum Gasteiger partial charge on any atom is -0.497 e. The summed E-state index contributed by atoms with van der Waals surface area (Å²) in [5, 5.41) is 13.8. The molecule has 0 bridgehead atoms. The molecule has 0 aliphatic heterocycles. The summed E-state index contributed by atoms with van der Waals surface area (Å²) in [7, 11) is 1.64. The summed E-state index contributed by atoms with van der Waals surface area (Å²) in [6.45, 7) is 9.42. The van der Waals surface area contributed by atoms with E-state index in [0.29, 0.717) is 18.1 Å². The number of aromatic nitrogens is 3. The molecule has 2 N–H and O–H groups in total. The normalized spacial score (nSPS) is 14.6. The van der Waals surface area contributed by atoms with Gasteiger partial charge in [-0.25, -0.2) is 9.97 Å². The van der Waals surface area contributed by atoms with Gasteiger partial charge in [-0.2, -0.15) is 0 Å². The SMILES string of the molecule is CCN(CC(O)NC(C)(C)C)c1nc(-c2cc(OC)ccn2)nc2c1CCC2. The van der Waals surface area contributed by atoms with Crippen molar-refractivity contribution in [2.45, 2.75) is 58.7 Å². The van der Waals surface area contributed by atoms with Crippen LogP contribution in [-0.2, 0) is 12.8 Å². The average molecular weight is 386 g/mol. The molecule has 28 heavy (non-hydrogen) atoms. The van der Waals surface area contributed by atoms with Gasteiger partial charge in [-0.15, -0.1) is 0 Å². The molecule has 1 atom stereocenters. The Kier molecular flexibility index (Phi) is 6.15. The molecule has 2 heterocycles. The number of aliphatic hydroxyl groups excluding tert-OH is 1. The maximum atomic E-state index is 10.5. The van der Waals surface area contributed by atoms with Gasteiger partial charge in [-0.05, 0) is 53.0 Å². The van der Waals surface area contributed by atoms with Crippen LogP contribution < -0.4 is 15.0 Å². The molecule has 152 valence electrons. The first kappa shape index (κ1) is 20.5. The quantitative estimate of drug-likeness (QED) is 0.709. The Morgan fingerprint density at radius 1 is 1.29 bits per heavy atom. The van der Waals surface area contributed by atoms with E-state index < -0.39 is 6.23 Å². The van der Waals surface area contributed by atoms with Crippen molar-refractivity contribution in [1.82, 2.24) is 20.3 Å². The number of methoxy groups -OCH3 is 1. The van der Waals surface area contributed by atoms with Crippen LogP contribution in [0.15, 0.2) is 18.3 Å². The zero-order valence-corrected chi connectivity index (χ0v) is 17.5. The molecule has 0 saturated carbocycles. The summed E-state index contributed by atoms with van der Waals surface area (Å²) in [6.07, 6.45) is 4.05. The highest BCUT2D eigenvalue weighted by Gasteiger charge is 2.25. The van der Waals surface area contributed by atoms with E-state index in [4.69, 9.17) is 14.7 Å². The van der Waals surface area contributed by atoms with E-state index in [2.05, 4.69) is 22.1 Å². The van der Waals surface area contributed by atoms with Gasteiger partial charge in [0, 0.05) is 35.6 Å². The maximum Gasteiger partial charge on any atom is 0.180 e. The van der Waals surface area contributed by atoms with Crippen LogP contribution in [0.3, 0.4) is 0 Å². The minimum atomic E-state index is -0.648. The molecule has 1 aliphatic carbocycles. The smallest absolute Gasteiger partial charge is 0.180 e. The number of ether oxygens (including phenoxy) is 1. The second kappa shape index (κ2) is 8.41. The topological polar surface area (TPSA) is 83.4 Å². The third-order valence-corrected chi connectivity index (χ3v) is 4.78. The third kappa shape index (κ3) is 4.77. The Morgan fingerprint density at radius 3 is 2.75 bits per heavy atom. The number of hydrogen-bond acceptors (Lipinski definition) is 7. The fourth-order valence-corrected chi connectivity index (χ4v) is 3.57. The molecular formula is C21H31N5O2. The van der Waals surface area contributed by atoms with E-state index in [1.54, 1.807) is 13.3 Å². The van der Waals surface area contributed by atoms with Crippen LogP contribution >= 0.6 is 0 Å². The Morgan fingerprint density at radius 2 is 2.07 bits per heavy atom. The number of nitrogens with one attached hydrogen (secondary N) is 1. The number of nitrogens with zero attached hydrogens (tertiary/aromatic N) is 4. The fourth-order valence-electron chi connectivity index (χ4n) is 3.57. The van der Waals surface area contributed by atoms with Gasteiger partial charge in [0.05, 0.1) is 13.7 Å². The lowest BCUT2D eigenvalue weighted by Crippen LogP contribution is -2.49. The highest BCUT2D eigenvalue weighted by Crippen LogP contribution is 2.31. The number of aliphatic hydroxyl groups is 1. The molecule has 7 nitrogen and oxygen atoms in total. The zero-order valence-electron chi connectivity index (χ0n) is 17.5. The minimum absolute atomic E-state index is 0.165. The standard InChI is InChI=1S/C21H31N5O2/c1-6-26(13-18(27)25-21(2,3)4)20-15-8-7-9-16(15)23-19(24-20)17-12-14(28-5)10-11-22-17/h10-12,18,25,27H,6-9,13H2,1-5H3. The van der Waals surface area contributed by atoms with Crippen LogP contribution in [0.1, 0.15) is 45.4 Å². The first-order valence-corrected chi connectivity index (χ1v) is 9.91. The summed E-state index contributed by atoms with van der Waals surface area (Å²) < 4.78 is 5.32. The first-order chi connectivity index (χ1) is 13.3. The number of pyridine rings is 1. The largest absolute Gasteiger partial charge is 0.497 e. The number of anilines is 1. The fraction of sp³-hybridized carbons (Fsp3) is 0.571. The molecule has 0 aromatic carbocycles. The Bertz CT molecular complexity index is 819. The summed E-state index contributed by atoms with van der Waals surface area (Å²) in [4.78, 5) is 16.2. The van der Waals surface area contributed by atoms with Crippen LogP contribution in [0, 0.1) is 0 Å². The third-order valence-electron chi connectivity index (χ3n) is 4.78. The molecule has 0 fully saturated rings. The monoisotopic (exact) mass is 385 g/mol. The van der Waals surface area contributed by atoms with Crippen LogP contribution in [0.4, 0.5) is 5.82 Å². The van der Waals surface area contributed by atoms with Gasteiger partial charge in [-0.1, -0.05) is 0 Å². The molecular weight excluding hydrogens is 354 g/mol. The van der Waals surface area contributed by atoms with Gasteiger partial charge < -0.3 is 14.7 Å². The summed E-state index contributed by atoms with van der Waals surface area (Å²) in [5.41, 5.74) is 2.81. The number of fused-ring (bicyclic) bond motifs is 1. The molecule has 0 spiro atoms.